The van der Waals surface area contributed by atoms with E-state index >= 15 is 0 Å². The minimum atomic E-state index is 0. The van der Waals surface area contributed by atoms with Crippen LogP contribution in [0.15, 0.2) is 91.0 Å². The number of hydrogen-bond donors (Lipinski definition) is 0. The fourth-order valence-corrected chi connectivity index (χ4v) is 3.94. The Hall–Kier alpha value is -3.06. The number of aryl methyl sites for hydroxylation is 1. The normalized spacial score (nSPS) is 10.5. The summed E-state index contributed by atoms with van der Waals surface area (Å²) < 4.78 is 0. The molecular formula is C27H26B. The van der Waals surface area contributed by atoms with Crippen molar-refractivity contribution < 1.29 is 0 Å². The zero-order valence-corrected chi connectivity index (χ0v) is 14.7. The fraction of sp³-hybridized carbons (Fsp3) is 0.111. The van der Waals surface area contributed by atoms with E-state index < -0.39 is 0 Å². The smallest absolute Gasteiger partial charge is 0.0776 e. The maximum Gasteiger partial charge on any atom is 0.194 e. The quantitative estimate of drug-likeness (QED) is 0.253. The Morgan fingerprint density at radius 3 is 1.54 bits per heavy atom. The molecule has 5 rings (SSSR count). The van der Waals surface area contributed by atoms with Gasteiger partial charge in [-0.2, -0.15) is 0 Å². The molecule has 0 fully saturated rings. The Kier molecular flexibility index (Phi) is 5.56. The van der Waals surface area contributed by atoms with Gasteiger partial charge in [0.2, 0.25) is 0 Å². The molecule has 0 saturated heterocycles. The molecule has 0 unspecified atom stereocenters. The highest BCUT2D eigenvalue weighted by Crippen LogP contribution is 2.21. The van der Waals surface area contributed by atoms with E-state index in [4.69, 9.17) is 0 Å². The Labute approximate surface area is 169 Å². The summed E-state index contributed by atoms with van der Waals surface area (Å²) in [6.45, 7) is 2.20. The van der Waals surface area contributed by atoms with Crippen molar-refractivity contribution in [2.75, 3.05) is 0 Å². The van der Waals surface area contributed by atoms with Gasteiger partial charge in [0.1, 0.15) is 0 Å². The Morgan fingerprint density at radius 2 is 0.964 bits per heavy atom. The monoisotopic (exact) mass is 361 g/mol. The van der Waals surface area contributed by atoms with Crippen LogP contribution in [0.2, 0.25) is 0 Å². The molecule has 1 heteroatoms. The SMILES string of the molecule is C.C.Cc1ccc2ccccc2c1[B]c1c2ccccc2cc2ccccc12. The van der Waals surface area contributed by atoms with Crippen LogP contribution in [0.1, 0.15) is 20.4 Å². The first-order chi connectivity index (χ1) is 12.8. The molecule has 0 bridgehead atoms. The van der Waals surface area contributed by atoms with Crippen LogP contribution in [-0.2, 0) is 0 Å². The van der Waals surface area contributed by atoms with E-state index in [1.165, 1.54) is 48.8 Å². The molecule has 137 valence electrons. The van der Waals surface area contributed by atoms with E-state index in [0.29, 0.717) is 0 Å². The van der Waals surface area contributed by atoms with Gasteiger partial charge in [0.15, 0.2) is 7.28 Å². The van der Waals surface area contributed by atoms with E-state index in [2.05, 4.69) is 105 Å². The van der Waals surface area contributed by atoms with Gasteiger partial charge in [-0.1, -0.05) is 116 Å². The Morgan fingerprint density at radius 1 is 0.500 bits per heavy atom. The van der Waals surface area contributed by atoms with Gasteiger partial charge in [-0.15, -0.1) is 0 Å². The summed E-state index contributed by atoms with van der Waals surface area (Å²) in [5.41, 5.74) is 3.92. The Bertz CT molecular complexity index is 1210. The summed E-state index contributed by atoms with van der Waals surface area (Å²) >= 11 is 0. The molecule has 0 aromatic heterocycles. The van der Waals surface area contributed by atoms with Crippen molar-refractivity contribution in [2.45, 2.75) is 21.8 Å². The molecule has 1 radical (unpaired) electrons. The molecule has 0 nitrogen and oxygen atoms in total. The van der Waals surface area contributed by atoms with Gasteiger partial charge in [-0.05, 0) is 45.3 Å². The van der Waals surface area contributed by atoms with E-state index in [9.17, 15) is 0 Å². The fourth-order valence-electron chi connectivity index (χ4n) is 3.94. The zero-order chi connectivity index (χ0) is 17.5. The lowest BCUT2D eigenvalue weighted by Gasteiger charge is -2.14. The molecule has 0 atom stereocenters. The van der Waals surface area contributed by atoms with E-state index in [0.717, 1.165) is 0 Å². The topological polar surface area (TPSA) is 0 Å². The van der Waals surface area contributed by atoms with Crippen molar-refractivity contribution in [2.24, 2.45) is 0 Å². The largest absolute Gasteiger partial charge is 0.194 e. The van der Waals surface area contributed by atoms with Gasteiger partial charge >= 0.3 is 0 Å². The van der Waals surface area contributed by atoms with Gasteiger partial charge in [0.05, 0.1) is 0 Å². The third-order valence-electron chi connectivity index (χ3n) is 5.29. The van der Waals surface area contributed by atoms with Crippen LogP contribution >= 0.6 is 0 Å². The summed E-state index contributed by atoms with van der Waals surface area (Å²) in [6, 6.07) is 32.7. The maximum atomic E-state index is 2.38. The van der Waals surface area contributed by atoms with Crippen molar-refractivity contribution in [3.8, 4) is 0 Å². The van der Waals surface area contributed by atoms with Crippen LogP contribution in [0.5, 0.6) is 0 Å². The third kappa shape index (κ3) is 3.18. The standard InChI is InChI=1S/C25H18B.2CH4/c1-17-14-15-18-8-2-5-11-21(18)24(17)26-25-22-12-6-3-9-19(22)16-20-10-4-7-13-23(20)25;;/h2-16H,1H3;2*1H4. The number of hydrogen-bond acceptors (Lipinski definition) is 0. The molecule has 0 heterocycles. The summed E-state index contributed by atoms with van der Waals surface area (Å²) in [5, 5.41) is 7.78. The molecule has 0 saturated carbocycles. The number of fused-ring (bicyclic) bond motifs is 3. The summed E-state index contributed by atoms with van der Waals surface area (Å²) in [4.78, 5) is 0. The molecule has 0 spiro atoms. The third-order valence-corrected chi connectivity index (χ3v) is 5.29. The van der Waals surface area contributed by atoms with Crippen molar-refractivity contribution in [3.63, 3.8) is 0 Å². The summed E-state index contributed by atoms with van der Waals surface area (Å²) in [5.74, 6) is 0. The molecule has 0 aliphatic heterocycles. The summed E-state index contributed by atoms with van der Waals surface area (Å²) in [6.07, 6.45) is 0. The van der Waals surface area contributed by atoms with E-state index in [1.54, 1.807) is 0 Å². The molecule has 0 N–H and O–H groups in total. The lowest BCUT2D eigenvalue weighted by atomic mass is 9.58. The highest BCUT2D eigenvalue weighted by molar-refractivity contribution is 6.75. The first-order valence-corrected chi connectivity index (χ1v) is 9.05. The van der Waals surface area contributed by atoms with Gasteiger partial charge in [0.25, 0.3) is 0 Å². The Balaban J connectivity index is 0.00000112. The molecule has 0 aliphatic carbocycles. The van der Waals surface area contributed by atoms with Crippen LogP contribution in [0.3, 0.4) is 0 Å². The second-order valence-electron chi connectivity index (χ2n) is 6.89. The van der Waals surface area contributed by atoms with Crippen molar-refractivity contribution in [1.29, 1.82) is 0 Å². The van der Waals surface area contributed by atoms with Crippen molar-refractivity contribution in [1.82, 2.24) is 0 Å². The van der Waals surface area contributed by atoms with Gasteiger partial charge in [0, 0.05) is 0 Å². The average Bonchev–Trinajstić information content (AvgIpc) is 2.69. The maximum absolute atomic E-state index is 2.38. The minimum absolute atomic E-state index is 0. The van der Waals surface area contributed by atoms with Gasteiger partial charge in [-0.25, -0.2) is 0 Å². The van der Waals surface area contributed by atoms with Crippen molar-refractivity contribution in [3.05, 3.63) is 96.6 Å². The first kappa shape index (κ1) is 19.7. The number of rotatable bonds is 2. The lowest BCUT2D eigenvalue weighted by Crippen LogP contribution is -2.31. The molecular weight excluding hydrogens is 335 g/mol. The molecule has 28 heavy (non-hydrogen) atoms. The predicted octanol–water partition coefficient (Wildman–Crippen LogP) is 6.38. The molecule has 0 amide bonds. The molecule has 0 aliphatic rings. The lowest BCUT2D eigenvalue weighted by molar-refractivity contribution is 1.54. The van der Waals surface area contributed by atoms with Crippen LogP contribution in [0.4, 0.5) is 0 Å². The second kappa shape index (κ2) is 7.90. The van der Waals surface area contributed by atoms with E-state index in [1.807, 2.05) is 0 Å². The predicted molar refractivity (Wildman–Crippen MR) is 129 cm³/mol. The highest BCUT2D eigenvalue weighted by Gasteiger charge is 2.13. The highest BCUT2D eigenvalue weighted by atomic mass is 14.1. The second-order valence-corrected chi connectivity index (χ2v) is 6.89. The van der Waals surface area contributed by atoms with Crippen LogP contribution < -0.4 is 10.9 Å². The van der Waals surface area contributed by atoms with E-state index in [-0.39, 0.29) is 14.9 Å². The zero-order valence-electron chi connectivity index (χ0n) is 14.7. The van der Waals surface area contributed by atoms with Crippen LogP contribution in [-0.4, -0.2) is 7.28 Å². The number of benzene rings is 5. The summed E-state index contributed by atoms with van der Waals surface area (Å²) in [7, 11) is 2.38. The van der Waals surface area contributed by atoms with Crippen LogP contribution in [0, 0.1) is 6.92 Å². The van der Waals surface area contributed by atoms with Gasteiger partial charge < -0.3 is 0 Å². The van der Waals surface area contributed by atoms with Crippen molar-refractivity contribution >= 4 is 50.5 Å². The van der Waals surface area contributed by atoms with Gasteiger partial charge in [-0.3, -0.25) is 0 Å². The first-order valence-electron chi connectivity index (χ1n) is 9.05. The molecule has 5 aromatic rings. The minimum Gasteiger partial charge on any atom is -0.0776 e. The molecule has 5 aromatic carbocycles. The van der Waals surface area contributed by atoms with Crippen LogP contribution in [0.25, 0.3) is 32.3 Å². The average molecular weight is 361 g/mol.